The van der Waals surface area contributed by atoms with Crippen molar-refractivity contribution in [2.24, 2.45) is 7.05 Å². The molecule has 0 radical (unpaired) electrons. The van der Waals surface area contributed by atoms with E-state index in [9.17, 15) is 22.7 Å². The van der Waals surface area contributed by atoms with Crippen LogP contribution in [0.3, 0.4) is 0 Å². The van der Waals surface area contributed by atoms with Gasteiger partial charge in [-0.05, 0) is 31.0 Å². The van der Waals surface area contributed by atoms with Crippen molar-refractivity contribution in [2.75, 3.05) is 11.0 Å². The Hall–Kier alpha value is -3.58. The number of anilines is 1. The Morgan fingerprint density at radius 3 is 2.62 bits per heavy atom. The molecule has 2 N–H and O–H groups in total. The molecule has 1 aliphatic carbocycles. The number of alkyl halides is 1. The number of aryl methyl sites for hydroxylation is 1. The van der Waals surface area contributed by atoms with Crippen LogP contribution >= 0.6 is 0 Å². The number of hydrogen-bond acceptors (Lipinski definition) is 5. The van der Waals surface area contributed by atoms with Crippen molar-refractivity contribution in [3.05, 3.63) is 75.2 Å². The van der Waals surface area contributed by atoms with Crippen molar-refractivity contribution in [3.8, 4) is 0 Å². The minimum atomic E-state index is -2.49. The molecule has 1 unspecified atom stereocenters. The summed E-state index contributed by atoms with van der Waals surface area (Å²) in [7, 11) is 1.73. The van der Waals surface area contributed by atoms with Gasteiger partial charge in [-0.15, -0.1) is 0 Å². The van der Waals surface area contributed by atoms with Gasteiger partial charge in [-0.3, -0.25) is 27.5 Å². The largest absolute Gasteiger partial charge is 0.347 e. The van der Waals surface area contributed by atoms with Crippen LogP contribution in [0.4, 0.5) is 10.1 Å². The van der Waals surface area contributed by atoms with Crippen LogP contribution in [0.2, 0.25) is 0 Å². The van der Waals surface area contributed by atoms with E-state index < -0.39 is 34.7 Å². The summed E-state index contributed by atoms with van der Waals surface area (Å²) >= 11 is -2.49. The van der Waals surface area contributed by atoms with Gasteiger partial charge in [0.2, 0.25) is 0 Å². The third-order valence-corrected chi connectivity index (χ3v) is 7.00. The summed E-state index contributed by atoms with van der Waals surface area (Å²) in [4.78, 5) is 33.8. The Balaban J connectivity index is 1.72. The molecule has 34 heavy (non-hydrogen) atoms. The van der Waals surface area contributed by atoms with E-state index in [1.807, 2.05) is 0 Å². The number of hydrogen-bond donors (Lipinski definition) is 2. The number of nitrogens with zero attached hydrogens (tertiary/aromatic N) is 6. The molecule has 1 atom stereocenters. The minimum absolute atomic E-state index is 0.00128. The van der Waals surface area contributed by atoms with E-state index in [-0.39, 0.29) is 24.2 Å². The third-order valence-electron chi connectivity index (χ3n) is 6.09. The van der Waals surface area contributed by atoms with Gasteiger partial charge in [0, 0.05) is 25.0 Å². The molecule has 178 valence electrons. The zero-order chi connectivity index (χ0) is 24.0. The quantitative estimate of drug-likeness (QED) is 0.359. The van der Waals surface area contributed by atoms with Gasteiger partial charge in [0.15, 0.2) is 0 Å². The lowest BCUT2D eigenvalue weighted by molar-refractivity contribution is 0.413. The zero-order valence-electron chi connectivity index (χ0n) is 18.2. The number of nitrogens with one attached hydrogen (secondary N) is 1. The van der Waals surface area contributed by atoms with Gasteiger partial charge < -0.3 is 4.98 Å². The van der Waals surface area contributed by atoms with Crippen molar-refractivity contribution in [2.45, 2.75) is 31.5 Å². The Morgan fingerprint density at radius 2 is 2.03 bits per heavy atom. The van der Waals surface area contributed by atoms with Crippen LogP contribution in [0.15, 0.2) is 52.7 Å². The van der Waals surface area contributed by atoms with Crippen LogP contribution in [0.25, 0.3) is 10.9 Å². The molecule has 0 saturated heterocycles. The average Bonchev–Trinajstić information content (AvgIpc) is 3.20. The maximum atomic E-state index is 13.7. The first-order chi connectivity index (χ1) is 16.3. The standard InChI is InChI=1S/C21H22FN7O4S/c1-26-9-14(7-25-26)10-28-19(30)17-6-16(29(34(32)33)21(12-22)4-5-21)2-3-18(17)27(20(28)31)11-15-8-23-13-24-15/h2-3,6-9,13H,4-5,10-12H2,1H3,(H,23,24)(H,32,33). The first-order valence-electron chi connectivity index (χ1n) is 10.5. The summed E-state index contributed by atoms with van der Waals surface area (Å²) in [5.74, 6) is 0. The highest BCUT2D eigenvalue weighted by atomic mass is 32.2. The molecule has 11 nitrogen and oxygen atoms in total. The molecule has 5 rings (SSSR count). The van der Waals surface area contributed by atoms with E-state index in [0.29, 0.717) is 29.6 Å². The van der Waals surface area contributed by atoms with Gasteiger partial charge in [-0.1, -0.05) is 0 Å². The highest BCUT2D eigenvalue weighted by Crippen LogP contribution is 2.45. The van der Waals surface area contributed by atoms with E-state index in [1.165, 1.54) is 23.0 Å². The van der Waals surface area contributed by atoms with E-state index in [2.05, 4.69) is 15.1 Å². The summed E-state index contributed by atoms with van der Waals surface area (Å²) in [6, 6.07) is 4.52. The first kappa shape index (κ1) is 22.2. The molecule has 3 aromatic heterocycles. The molecular formula is C21H22FN7O4S. The zero-order valence-corrected chi connectivity index (χ0v) is 19.0. The lowest BCUT2D eigenvalue weighted by atomic mass is 10.2. The Kier molecular flexibility index (Phi) is 5.44. The molecule has 3 heterocycles. The van der Waals surface area contributed by atoms with Crippen molar-refractivity contribution < 1.29 is 13.2 Å². The molecule has 0 amide bonds. The van der Waals surface area contributed by atoms with E-state index in [1.54, 1.807) is 36.4 Å². The number of aromatic amines is 1. The fourth-order valence-electron chi connectivity index (χ4n) is 4.17. The van der Waals surface area contributed by atoms with Crippen molar-refractivity contribution in [1.29, 1.82) is 0 Å². The second kappa shape index (κ2) is 8.33. The van der Waals surface area contributed by atoms with Gasteiger partial charge in [-0.2, -0.15) is 5.10 Å². The first-order valence-corrected chi connectivity index (χ1v) is 11.6. The van der Waals surface area contributed by atoms with E-state index in [4.69, 9.17) is 0 Å². The second-order valence-electron chi connectivity index (χ2n) is 8.44. The summed E-state index contributed by atoms with van der Waals surface area (Å²) in [5.41, 5.74) is -0.227. The normalized spacial score (nSPS) is 15.5. The Labute approximate surface area is 194 Å². The van der Waals surface area contributed by atoms with Crippen molar-refractivity contribution in [1.82, 2.24) is 28.9 Å². The number of rotatable bonds is 8. The van der Waals surface area contributed by atoms with Gasteiger partial charge in [0.05, 0.1) is 53.4 Å². The lowest BCUT2D eigenvalue weighted by Crippen LogP contribution is -2.42. The smallest absolute Gasteiger partial charge is 0.332 e. The van der Waals surface area contributed by atoms with Crippen LogP contribution in [0, 0.1) is 0 Å². The Morgan fingerprint density at radius 1 is 1.24 bits per heavy atom. The van der Waals surface area contributed by atoms with Gasteiger partial charge in [0.25, 0.3) is 16.8 Å². The predicted molar refractivity (Wildman–Crippen MR) is 124 cm³/mol. The van der Waals surface area contributed by atoms with Crippen molar-refractivity contribution >= 4 is 27.9 Å². The highest BCUT2D eigenvalue weighted by Gasteiger charge is 2.51. The average molecular weight is 488 g/mol. The fourth-order valence-corrected chi connectivity index (χ4v) is 5.03. The number of imidazole rings is 1. The fraction of sp³-hybridized carbons (Fsp3) is 0.333. The molecule has 1 aliphatic rings. The minimum Gasteiger partial charge on any atom is -0.347 e. The molecule has 1 fully saturated rings. The third kappa shape index (κ3) is 3.76. The topological polar surface area (TPSA) is 131 Å². The molecule has 13 heteroatoms. The molecule has 0 bridgehead atoms. The second-order valence-corrected chi connectivity index (χ2v) is 9.27. The molecule has 0 aliphatic heterocycles. The van der Waals surface area contributed by atoms with Crippen molar-refractivity contribution in [3.63, 3.8) is 0 Å². The van der Waals surface area contributed by atoms with Gasteiger partial charge >= 0.3 is 5.69 Å². The molecule has 4 aromatic rings. The number of halogens is 1. The maximum Gasteiger partial charge on any atom is 0.332 e. The van der Waals surface area contributed by atoms with Crippen LogP contribution in [-0.4, -0.2) is 49.9 Å². The predicted octanol–water partition coefficient (Wildman–Crippen LogP) is 1.16. The molecule has 1 saturated carbocycles. The number of benzene rings is 1. The van der Waals surface area contributed by atoms with Crippen LogP contribution in [0.1, 0.15) is 24.1 Å². The summed E-state index contributed by atoms with van der Waals surface area (Å²) < 4.78 is 41.0. The molecular weight excluding hydrogens is 465 g/mol. The van der Waals surface area contributed by atoms with Crippen LogP contribution < -0.4 is 15.6 Å². The van der Waals surface area contributed by atoms with Crippen LogP contribution in [-0.2, 0) is 31.4 Å². The van der Waals surface area contributed by atoms with Gasteiger partial charge in [-0.25, -0.2) is 18.4 Å². The van der Waals surface area contributed by atoms with E-state index in [0.717, 1.165) is 8.87 Å². The number of aromatic nitrogens is 6. The maximum absolute atomic E-state index is 13.7. The number of fused-ring (bicyclic) bond motifs is 1. The monoisotopic (exact) mass is 487 g/mol. The number of H-pyrrole nitrogens is 1. The lowest BCUT2D eigenvalue weighted by Gasteiger charge is -2.28. The highest BCUT2D eigenvalue weighted by molar-refractivity contribution is 7.80. The van der Waals surface area contributed by atoms with E-state index >= 15 is 0 Å². The van der Waals surface area contributed by atoms with Crippen LogP contribution in [0.5, 0.6) is 0 Å². The summed E-state index contributed by atoms with van der Waals surface area (Å²) in [6.07, 6.45) is 7.21. The SMILES string of the molecule is Cn1cc(Cn2c(=O)c3cc(N(S(=O)O)C4(CF)CC4)ccc3n(Cc3cnc[nH]3)c2=O)cn1. The van der Waals surface area contributed by atoms with Gasteiger partial charge in [0.1, 0.15) is 6.67 Å². The molecule has 1 aromatic carbocycles. The Bertz CT molecular complexity index is 1500. The molecule has 0 spiro atoms. The summed E-state index contributed by atoms with van der Waals surface area (Å²) in [6.45, 7) is -0.660. The summed E-state index contributed by atoms with van der Waals surface area (Å²) in [5, 5.41) is 4.27.